The highest BCUT2D eigenvalue weighted by atomic mass is 32.2. The highest BCUT2D eigenvalue weighted by molar-refractivity contribution is 7.91. The van der Waals surface area contributed by atoms with E-state index in [-0.39, 0.29) is 39.8 Å². The van der Waals surface area contributed by atoms with Crippen LogP contribution in [0.3, 0.4) is 0 Å². The Morgan fingerprint density at radius 2 is 1.74 bits per heavy atom. The number of carbonyl (C=O) groups is 5. The molecular formula is C31H48N6O7S2. The molecule has 3 fully saturated rings. The Bertz CT molecular complexity index is 1450. The SMILES string of the molecule is CC(C)[C@@H](CNS(=O)(=O)c1cccs1)NC(=O)N[C@H](C(=O)N1C[C@H]2[C@@H]([C@H]1C(=O)NC(CC1CC1)C(=O)C(N)=O)C2(C)C)C(C)(C)C. The smallest absolute Gasteiger partial charge is 0.315 e. The molecule has 0 radical (unpaired) electrons. The second-order valence-electron chi connectivity index (χ2n) is 14.9. The lowest BCUT2D eigenvalue weighted by molar-refractivity contribution is -0.145. The van der Waals surface area contributed by atoms with E-state index in [1.54, 1.807) is 32.2 Å². The van der Waals surface area contributed by atoms with Crippen LogP contribution in [-0.4, -0.2) is 80.1 Å². The number of rotatable bonds is 14. The summed E-state index contributed by atoms with van der Waals surface area (Å²) >= 11 is 1.09. The number of nitrogens with one attached hydrogen (secondary N) is 4. The number of primary amides is 1. The summed E-state index contributed by atoms with van der Waals surface area (Å²) in [5, 5.41) is 10.0. The molecule has 13 nitrogen and oxygen atoms in total. The first-order valence-corrected chi connectivity index (χ1v) is 18.2. The summed E-state index contributed by atoms with van der Waals surface area (Å²) in [5.74, 6) is -2.94. The lowest BCUT2D eigenvalue weighted by atomic mass is 9.85. The fourth-order valence-corrected chi connectivity index (χ4v) is 8.55. The van der Waals surface area contributed by atoms with Gasteiger partial charge < -0.3 is 26.6 Å². The molecule has 256 valence electrons. The number of fused-ring (bicyclic) bond motifs is 1. The van der Waals surface area contributed by atoms with Gasteiger partial charge in [0.15, 0.2) is 0 Å². The van der Waals surface area contributed by atoms with E-state index in [9.17, 15) is 32.4 Å². The van der Waals surface area contributed by atoms with E-state index in [2.05, 4.69) is 20.7 Å². The number of thiophene rings is 1. The minimum absolute atomic E-state index is 0.0528. The van der Waals surface area contributed by atoms with Gasteiger partial charge in [0.2, 0.25) is 27.6 Å². The zero-order valence-electron chi connectivity index (χ0n) is 27.6. The first-order chi connectivity index (χ1) is 21.3. The van der Waals surface area contributed by atoms with E-state index in [0.29, 0.717) is 13.0 Å². The Labute approximate surface area is 275 Å². The number of carbonyl (C=O) groups excluding carboxylic acids is 5. The summed E-state index contributed by atoms with van der Waals surface area (Å²) in [4.78, 5) is 67.2. The van der Waals surface area contributed by atoms with Gasteiger partial charge >= 0.3 is 6.03 Å². The number of Topliss-reactive ketones (excluding diaryl/α,β-unsaturated/α-hetero) is 1. The van der Waals surface area contributed by atoms with Crippen molar-refractivity contribution in [2.45, 2.75) is 96.1 Å². The molecule has 46 heavy (non-hydrogen) atoms. The third kappa shape index (κ3) is 7.91. The minimum atomic E-state index is -3.75. The van der Waals surface area contributed by atoms with E-state index in [1.165, 1.54) is 11.0 Å². The van der Waals surface area contributed by atoms with E-state index >= 15 is 0 Å². The van der Waals surface area contributed by atoms with Gasteiger partial charge in [-0.1, -0.05) is 67.4 Å². The highest BCUT2D eigenvalue weighted by Crippen LogP contribution is 2.65. The number of nitrogens with zero attached hydrogens (tertiary/aromatic N) is 1. The van der Waals surface area contributed by atoms with Gasteiger partial charge in [-0.2, -0.15) is 0 Å². The van der Waals surface area contributed by atoms with Crippen molar-refractivity contribution in [3.63, 3.8) is 0 Å². The van der Waals surface area contributed by atoms with E-state index < -0.39 is 69.1 Å². The number of ketones is 1. The van der Waals surface area contributed by atoms with Gasteiger partial charge in [0.05, 0.1) is 6.04 Å². The maximum absolute atomic E-state index is 14.2. The fourth-order valence-electron chi connectivity index (χ4n) is 6.46. The van der Waals surface area contributed by atoms with Gasteiger partial charge in [0.1, 0.15) is 16.3 Å². The molecule has 3 aliphatic rings. The molecule has 1 aliphatic heterocycles. The summed E-state index contributed by atoms with van der Waals surface area (Å²) < 4.78 is 28.0. The molecule has 0 aromatic carbocycles. The Morgan fingerprint density at radius 1 is 1.09 bits per heavy atom. The standard InChI is InChI=1S/C31H48N6O7S2/c1-16(2)20(14-33-46(43,44)21-9-8-12-45-21)35-29(42)36-25(30(3,4)5)28(41)37-15-18-22(31(18,6)7)23(37)27(40)34-19(13-17-10-11-17)24(38)26(32)39/h8-9,12,16-20,22-23,25,33H,10-11,13-15H2,1-7H3,(H2,32,39)(H,34,40)(H2,35,36,42)/t18-,19?,20+,22-,23-,25+/m0/s1. The van der Waals surface area contributed by atoms with Crippen LogP contribution >= 0.6 is 11.3 Å². The van der Waals surface area contributed by atoms with E-state index in [1.807, 2.05) is 27.7 Å². The number of nitrogens with two attached hydrogens (primary N) is 1. The summed E-state index contributed by atoms with van der Waals surface area (Å²) in [6, 6.07) is -1.08. The number of likely N-dealkylation sites (tertiary alicyclic amines) is 1. The van der Waals surface area contributed by atoms with Crippen molar-refractivity contribution in [3.8, 4) is 0 Å². The second-order valence-corrected chi connectivity index (χ2v) is 17.9. The van der Waals surface area contributed by atoms with Gasteiger partial charge in [-0.15, -0.1) is 11.3 Å². The number of urea groups is 1. The average molecular weight is 681 g/mol. The predicted octanol–water partition coefficient (Wildman–Crippen LogP) is 1.59. The molecule has 0 spiro atoms. The molecule has 2 saturated carbocycles. The number of amides is 5. The Balaban J connectivity index is 1.48. The maximum atomic E-state index is 14.2. The maximum Gasteiger partial charge on any atom is 0.315 e. The number of piperidine rings is 1. The van der Waals surface area contributed by atoms with Crippen molar-refractivity contribution in [2.24, 2.45) is 40.2 Å². The Kier molecular flexibility index (Phi) is 10.3. The molecule has 4 rings (SSSR count). The van der Waals surface area contributed by atoms with Gasteiger partial charge in [-0.25, -0.2) is 17.9 Å². The third-order valence-electron chi connectivity index (χ3n) is 9.66. The molecule has 6 N–H and O–H groups in total. The zero-order chi connectivity index (χ0) is 34.4. The average Bonchev–Trinajstić information content (AvgIpc) is 3.64. The van der Waals surface area contributed by atoms with Gasteiger partial charge in [-0.05, 0) is 52.4 Å². The van der Waals surface area contributed by atoms with Crippen LogP contribution in [0.2, 0.25) is 0 Å². The monoisotopic (exact) mass is 680 g/mol. The highest BCUT2D eigenvalue weighted by Gasteiger charge is 2.70. The Hall–Kier alpha value is -3.04. The molecule has 15 heteroatoms. The van der Waals surface area contributed by atoms with Crippen LogP contribution in [0.1, 0.15) is 67.7 Å². The lowest BCUT2D eigenvalue weighted by Crippen LogP contribution is -2.62. The van der Waals surface area contributed by atoms with Gasteiger partial charge in [0.25, 0.3) is 5.91 Å². The fraction of sp³-hybridized carbons (Fsp3) is 0.710. The predicted molar refractivity (Wildman–Crippen MR) is 173 cm³/mol. The van der Waals surface area contributed by atoms with Crippen LogP contribution in [0.4, 0.5) is 4.79 Å². The zero-order valence-corrected chi connectivity index (χ0v) is 29.2. The largest absolute Gasteiger partial charge is 0.363 e. The first kappa shape index (κ1) is 35.8. The van der Waals surface area contributed by atoms with Crippen LogP contribution in [0.25, 0.3) is 0 Å². The van der Waals surface area contributed by atoms with Crippen molar-refractivity contribution >= 4 is 50.9 Å². The molecule has 5 amide bonds. The Morgan fingerprint density at radius 3 is 2.26 bits per heavy atom. The molecule has 6 atom stereocenters. The summed E-state index contributed by atoms with van der Waals surface area (Å²) in [6.45, 7) is 13.4. The molecular weight excluding hydrogens is 633 g/mol. The third-order valence-corrected chi connectivity index (χ3v) is 12.5. The molecule has 1 saturated heterocycles. The summed E-state index contributed by atoms with van der Waals surface area (Å²) in [6.07, 6.45) is 2.13. The van der Waals surface area contributed by atoms with E-state index in [0.717, 1.165) is 24.2 Å². The minimum Gasteiger partial charge on any atom is -0.363 e. The topological polar surface area (TPSA) is 197 Å². The van der Waals surface area contributed by atoms with Gasteiger partial charge in [0, 0.05) is 19.1 Å². The molecule has 1 aromatic rings. The van der Waals surface area contributed by atoms with Crippen molar-refractivity contribution in [2.75, 3.05) is 13.1 Å². The number of hydrogen-bond acceptors (Lipinski definition) is 8. The molecule has 1 unspecified atom stereocenters. The van der Waals surface area contributed by atoms with Crippen LogP contribution in [0.15, 0.2) is 21.7 Å². The molecule has 0 bridgehead atoms. The molecule has 1 aromatic heterocycles. The van der Waals surface area contributed by atoms with Crippen molar-refractivity contribution in [1.82, 2.24) is 25.6 Å². The van der Waals surface area contributed by atoms with Crippen molar-refractivity contribution in [1.29, 1.82) is 0 Å². The molecule has 2 heterocycles. The quantitative estimate of drug-likeness (QED) is 0.184. The number of hydrogen-bond donors (Lipinski definition) is 5. The van der Waals surface area contributed by atoms with Gasteiger partial charge in [-0.3, -0.25) is 19.2 Å². The van der Waals surface area contributed by atoms with Crippen LogP contribution in [0, 0.1) is 34.5 Å². The summed E-state index contributed by atoms with van der Waals surface area (Å²) in [7, 11) is -3.75. The van der Waals surface area contributed by atoms with Crippen LogP contribution < -0.4 is 26.4 Å². The molecule has 2 aliphatic carbocycles. The van der Waals surface area contributed by atoms with Crippen LogP contribution in [-0.2, 0) is 29.2 Å². The van der Waals surface area contributed by atoms with E-state index in [4.69, 9.17) is 5.73 Å². The first-order valence-electron chi connectivity index (χ1n) is 15.8. The normalized spacial score (nSPS) is 24.0. The van der Waals surface area contributed by atoms with Crippen molar-refractivity contribution in [3.05, 3.63) is 17.5 Å². The van der Waals surface area contributed by atoms with Crippen LogP contribution in [0.5, 0.6) is 0 Å². The lowest BCUT2D eigenvalue weighted by Gasteiger charge is -2.38. The number of sulfonamides is 1. The summed E-state index contributed by atoms with van der Waals surface area (Å²) in [5.41, 5.74) is 4.31. The second kappa shape index (κ2) is 13.2. The van der Waals surface area contributed by atoms with Crippen molar-refractivity contribution < 1.29 is 32.4 Å².